The molecule has 0 radical (unpaired) electrons. The summed E-state index contributed by atoms with van der Waals surface area (Å²) in [6.07, 6.45) is 1.70. The third kappa shape index (κ3) is 2.98. The molecule has 1 amide bonds. The minimum atomic E-state index is -0.932. The van der Waals surface area contributed by atoms with Crippen molar-refractivity contribution in [1.29, 1.82) is 0 Å². The Morgan fingerprint density at radius 2 is 2.37 bits per heavy atom. The molecule has 0 saturated carbocycles. The summed E-state index contributed by atoms with van der Waals surface area (Å²) in [4.78, 5) is 24.7. The minimum Gasteiger partial charge on any atom is -0.481 e. The van der Waals surface area contributed by atoms with Gasteiger partial charge in [-0.3, -0.25) is 9.59 Å². The number of carboxylic acids is 1. The molecule has 1 saturated heterocycles. The second kappa shape index (κ2) is 5.75. The number of halogens is 1. The largest absolute Gasteiger partial charge is 0.481 e. The number of carbonyl (C=O) groups is 2. The lowest BCUT2D eigenvalue weighted by Crippen LogP contribution is -2.37. The third-order valence-electron chi connectivity index (χ3n) is 3.19. The van der Waals surface area contributed by atoms with Crippen LogP contribution in [0.5, 0.6) is 0 Å². The Bertz CT molecular complexity index is 486. The molecule has 2 rings (SSSR count). The Morgan fingerprint density at radius 1 is 1.63 bits per heavy atom. The molecule has 0 spiro atoms. The lowest BCUT2D eigenvalue weighted by atomic mass is 10.1. The predicted molar refractivity (Wildman–Crippen MR) is 68.9 cm³/mol. The second-order valence-electron chi connectivity index (χ2n) is 4.40. The number of rotatable bonds is 4. The summed E-state index contributed by atoms with van der Waals surface area (Å²) < 4.78 is 10.9. The van der Waals surface area contributed by atoms with Gasteiger partial charge in [-0.1, -0.05) is 0 Å². The van der Waals surface area contributed by atoms with Crippen LogP contribution in [0, 0.1) is 0 Å². The van der Waals surface area contributed by atoms with Gasteiger partial charge >= 0.3 is 5.97 Å². The van der Waals surface area contributed by atoms with Crippen LogP contribution in [-0.4, -0.2) is 47.7 Å². The first-order valence-electron chi connectivity index (χ1n) is 5.81. The molecule has 6 nitrogen and oxygen atoms in total. The molecule has 1 fully saturated rings. The van der Waals surface area contributed by atoms with Crippen molar-refractivity contribution < 1.29 is 23.8 Å². The van der Waals surface area contributed by atoms with Crippen LogP contribution in [0.4, 0.5) is 0 Å². The maximum Gasteiger partial charge on any atom is 0.305 e. The molecular weight excluding hydrogens is 318 g/mol. The molecule has 0 aliphatic carbocycles. The van der Waals surface area contributed by atoms with Crippen LogP contribution in [0.3, 0.4) is 0 Å². The number of ether oxygens (including phenoxy) is 1. The van der Waals surface area contributed by atoms with Crippen LogP contribution in [0.2, 0.25) is 0 Å². The van der Waals surface area contributed by atoms with Crippen LogP contribution >= 0.6 is 15.9 Å². The van der Waals surface area contributed by atoms with E-state index in [4.69, 9.17) is 14.3 Å². The average molecular weight is 332 g/mol. The fourth-order valence-electron chi connectivity index (χ4n) is 2.27. The van der Waals surface area contributed by atoms with E-state index in [1.54, 1.807) is 13.2 Å². The Hall–Kier alpha value is -1.34. The summed E-state index contributed by atoms with van der Waals surface area (Å²) in [5.74, 6) is -1.06. The number of likely N-dealkylation sites (tertiary alicyclic amines) is 1. The highest BCUT2D eigenvalue weighted by atomic mass is 79.9. The molecule has 0 bridgehead atoms. The van der Waals surface area contributed by atoms with Gasteiger partial charge in [0.15, 0.2) is 0 Å². The van der Waals surface area contributed by atoms with E-state index < -0.39 is 5.97 Å². The van der Waals surface area contributed by atoms with Crippen LogP contribution in [0.1, 0.15) is 23.4 Å². The van der Waals surface area contributed by atoms with Crippen molar-refractivity contribution in [2.75, 3.05) is 13.7 Å². The highest BCUT2D eigenvalue weighted by Crippen LogP contribution is 2.27. The summed E-state index contributed by atoms with van der Waals surface area (Å²) in [5.41, 5.74) is 0. The molecule has 0 aromatic carbocycles. The number of aliphatic carboxylic acids is 1. The van der Waals surface area contributed by atoms with E-state index in [-0.39, 0.29) is 30.2 Å². The summed E-state index contributed by atoms with van der Waals surface area (Å²) in [6, 6.07) is 1.26. The fourth-order valence-corrected chi connectivity index (χ4v) is 2.64. The van der Waals surface area contributed by atoms with Crippen LogP contribution in [0.25, 0.3) is 0 Å². The highest BCUT2D eigenvalue weighted by molar-refractivity contribution is 9.10. The zero-order valence-electron chi connectivity index (χ0n) is 10.3. The molecule has 1 aromatic rings. The number of nitrogens with zero attached hydrogens (tertiary/aromatic N) is 1. The van der Waals surface area contributed by atoms with Gasteiger partial charge in [0.05, 0.1) is 23.3 Å². The van der Waals surface area contributed by atoms with Crippen molar-refractivity contribution in [2.24, 2.45) is 0 Å². The lowest BCUT2D eigenvalue weighted by Gasteiger charge is -2.22. The molecular formula is C12H14BrNO5. The van der Waals surface area contributed by atoms with Gasteiger partial charge in [-0.15, -0.1) is 0 Å². The number of amides is 1. The Kier molecular flexibility index (Phi) is 4.26. The van der Waals surface area contributed by atoms with Gasteiger partial charge in [-0.25, -0.2) is 0 Å². The van der Waals surface area contributed by atoms with Crippen LogP contribution in [0.15, 0.2) is 21.2 Å². The van der Waals surface area contributed by atoms with Gasteiger partial charge in [0, 0.05) is 19.7 Å². The van der Waals surface area contributed by atoms with Gasteiger partial charge in [0.2, 0.25) is 5.76 Å². The highest BCUT2D eigenvalue weighted by Gasteiger charge is 2.38. The van der Waals surface area contributed by atoms with E-state index >= 15 is 0 Å². The number of methoxy groups -OCH3 is 1. The topological polar surface area (TPSA) is 80.0 Å². The van der Waals surface area contributed by atoms with Gasteiger partial charge in [-0.05, 0) is 28.4 Å². The zero-order chi connectivity index (χ0) is 14.0. The smallest absolute Gasteiger partial charge is 0.305 e. The van der Waals surface area contributed by atoms with Gasteiger partial charge in [-0.2, -0.15) is 0 Å². The van der Waals surface area contributed by atoms with E-state index in [0.29, 0.717) is 17.4 Å². The first-order chi connectivity index (χ1) is 9.02. The Labute approximate surface area is 118 Å². The number of hydrogen-bond acceptors (Lipinski definition) is 4. The summed E-state index contributed by atoms with van der Waals surface area (Å²) in [7, 11) is 1.55. The van der Waals surface area contributed by atoms with Crippen molar-refractivity contribution in [3.8, 4) is 0 Å². The monoisotopic (exact) mass is 331 g/mol. The number of hydrogen-bond donors (Lipinski definition) is 1. The van der Waals surface area contributed by atoms with E-state index in [9.17, 15) is 9.59 Å². The Morgan fingerprint density at radius 3 is 2.89 bits per heavy atom. The molecule has 7 heteroatoms. The number of furan rings is 1. The maximum absolute atomic E-state index is 12.3. The molecule has 1 N–H and O–H groups in total. The average Bonchev–Trinajstić information content (AvgIpc) is 2.94. The summed E-state index contributed by atoms with van der Waals surface area (Å²) in [6.45, 7) is 0.375. The van der Waals surface area contributed by atoms with E-state index in [0.717, 1.165) is 0 Å². The zero-order valence-corrected chi connectivity index (χ0v) is 11.9. The first kappa shape index (κ1) is 14.1. The number of carboxylic acid groups (broad SMARTS) is 1. The van der Waals surface area contributed by atoms with Crippen molar-refractivity contribution in [3.05, 3.63) is 22.6 Å². The molecule has 2 heterocycles. The van der Waals surface area contributed by atoms with Crippen molar-refractivity contribution in [2.45, 2.75) is 25.0 Å². The van der Waals surface area contributed by atoms with Gasteiger partial charge in [0.25, 0.3) is 5.91 Å². The minimum absolute atomic E-state index is 0.0933. The van der Waals surface area contributed by atoms with Crippen LogP contribution in [-0.2, 0) is 9.53 Å². The molecule has 19 heavy (non-hydrogen) atoms. The molecule has 2 atom stereocenters. The fraction of sp³-hybridized carbons (Fsp3) is 0.500. The quantitative estimate of drug-likeness (QED) is 0.909. The van der Waals surface area contributed by atoms with Gasteiger partial charge in [0.1, 0.15) is 0 Å². The van der Waals surface area contributed by atoms with E-state index in [2.05, 4.69) is 15.9 Å². The Balaban J connectivity index is 2.18. The standard InChI is InChI=1S/C12H14BrNO5/c1-18-8-4-7(5-10(15)16)14(6-8)12(17)11-9(13)2-3-19-11/h2-3,7-8H,4-6H2,1H3,(H,15,16). The van der Waals surface area contributed by atoms with Crippen molar-refractivity contribution in [3.63, 3.8) is 0 Å². The van der Waals surface area contributed by atoms with Crippen molar-refractivity contribution >= 4 is 27.8 Å². The maximum atomic E-state index is 12.3. The van der Waals surface area contributed by atoms with E-state index in [1.807, 2.05) is 0 Å². The first-order valence-corrected chi connectivity index (χ1v) is 6.60. The second-order valence-corrected chi connectivity index (χ2v) is 5.25. The summed E-state index contributed by atoms with van der Waals surface area (Å²) in [5, 5.41) is 8.91. The van der Waals surface area contributed by atoms with Crippen LogP contribution < -0.4 is 0 Å². The third-order valence-corrected chi connectivity index (χ3v) is 3.82. The summed E-state index contributed by atoms with van der Waals surface area (Å²) >= 11 is 3.23. The predicted octanol–water partition coefficient (Wildman–Crippen LogP) is 1.75. The van der Waals surface area contributed by atoms with Gasteiger partial charge < -0.3 is 19.2 Å². The normalized spacial score (nSPS) is 22.7. The molecule has 2 unspecified atom stereocenters. The molecule has 104 valence electrons. The molecule has 1 aliphatic heterocycles. The molecule has 1 aliphatic rings. The van der Waals surface area contributed by atoms with Crippen molar-refractivity contribution in [1.82, 2.24) is 4.90 Å². The number of carbonyl (C=O) groups excluding carboxylic acids is 1. The lowest BCUT2D eigenvalue weighted by molar-refractivity contribution is -0.138. The SMILES string of the molecule is COC1CC(CC(=O)O)N(C(=O)c2occc2Br)C1. The van der Waals surface area contributed by atoms with E-state index in [1.165, 1.54) is 11.2 Å². The molecule has 1 aromatic heterocycles.